The molecule has 4 aliphatic carbocycles. The summed E-state index contributed by atoms with van der Waals surface area (Å²) < 4.78 is 12.4. The zero-order chi connectivity index (χ0) is 36.2. The van der Waals surface area contributed by atoms with Gasteiger partial charge in [0, 0.05) is 19.1 Å². The zero-order valence-electron chi connectivity index (χ0n) is 32.8. The van der Waals surface area contributed by atoms with Gasteiger partial charge in [-0.15, -0.1) is 0 Å². The Morgan fingerprint density at radius 2 is 1.53 bits per heavy atom. The van der Waals surface area contributed by atoms with E-state index in [1.807, 2.05) is 34.6 Å². The second kappa shape index (κ2) is 12.1. The molecule has 0 bridgehead atoms. The molecule has 0 aromatic rings. The topological polar surface area (TPSA) is 108 Å². The van der Waals surface area contributed by atoms with E-state index in [0.29, 0.717) is 24.9 Å². The van der Waals surface area contributed by atoms with Gasteiger partial charge >= 0.3 is 6.09 Å². The van der Waals surface area contributed by atoms with Gasteiger partial charge in [0.05, 0.1) is 29.3 Å². The van der Waals surface area contributed by atoms with Crippen molar-refractivity contribution in [3.8, 4) is 0 Å². The van der Waals surface area contributed by atoms with Crippen molar-refractivity contribution in [3.63, 3.8) is 0 Å². The van der Waals surface area contributed by atoms with Crippen LogP contribution in [0.5, 0.6) is 0 Å². The van der Waals surface area contributed by atoms with E-state index in [2.05, 4.69) is 46.9 Å². The number of carbonyl (C=O) groups excluding carboxylic acids is 2. The number of likely N-dealkylation sites (tertiary alicyclic amines) is 1. The normalized spacial score (nSPS) is 46.8. The average molecular weight is 687 g/mol. The van der Waals surface area contributed by atoms with Crippen molar-refractivity contribution in [2.45, 2.75) is 182 Å². The number of aliphatic hydroxyl groups is 2. The molecule has 8 nitrogen and oxygen atoms in total. The number of rotatable bonds is 4. The third kappa shape index (κ3) is 6.07. The van der Waals surface area contributed by atoms with Crippen molar-refractivity contribution in [2.75, 3.05) is 13.1 Å². The van der Waals surface area contributed by atoms with Crippen molar-refractivity contribution < 1.29 is 29.3 Å². The van der Waals surface area contributed by atoms with Crippen LogP contribution in [0.25, 0.3) is 0 Å². The fraction of sp³-hybridized carbons (Fsp3) is 0.951. The Morgan fingerprint density at radius 3 is 2.16 bits per heavy atom. The van der Waals surface area contributed by atoms with E-state index in [0.717, 1.165) is 70.6 Å². The van der Waals surface area contributed by atoms with Crippen LogP contribution in [0.4, 0.5) is 4.79 Å². The van der Waals surface area contributed by atoms with Crippen LogP contribution in [-0.4, -0.2) is 75.3 Å². The molecule has 2 saturated heterocycles. The summed E-state index contributed by atoms with van der Waals surface area (Å²) in [7, 11) is 0. The lowest BCUT2D eigenvalue weighted by molar-refractivity contribution is -0.240. The number of aliphatic hydroxyl groups excluding tert-OH is 1. The number of ether oxygens (including phenoxy) is 2. The van der Waals surface area contributed by atoms with Gasteiger partial charge in [0.2, 0.25) is 5.91 Å². The molecule has 0 radical (unpaired) electrons. The van der Waals surface area contributed by atoms with Crippen LogP contribution in [0.2, 0.25) is 0 Å². The molecule has 6 aliphatic rings. The molecule has 280 valence electrons. The smallest absolute Gasteiger partial charge is 0.410 e. The summed E-state index contributed by atoms with van der Waals surface area (Å²) in [6, 6.07) is 0.0789. The van der Waals surface area contributed by atoms with Crippen molar-refractivity contribution in [3.05, 3.63) is 0 Å². The minimum absolute atomic E-state index is 0.0172. The van der Waals surface area contributed by atoms with Gasteiger partial charge in [-0.25, -0.2) is 4.79 Å². The SMILES string of the molecule is CC(C)(C)OC(=O)N1CCC[C@H](C(=O)N[C@H]2CC[C@]3(C)[C@H]4C[C@@H](O)[C@@H]5[C@@H]([C@]6(C)CC[C@H](C(C)(C)O)O6)CC[C@@]5(C)[C@]4(C)CC[C@H]3C2(C)C)C1. The largest absolute Gasteiger partial charge is 0.444 e. The third-order valence-corrected chi connectivity index (χ3v) is 16.1. The summed E-state index contributed by atoms with van der Waals surface area (Å²) >= 11 is 0. The minimum Gasteiger partial charge on any atom is -0.444 e. The Kier molecular flexibility index (Phi) is 9.22. The van der Waals surface area contributed by atoms with E-state index < -0.39 is 11.2 Å². The predicted molar refractivity (Wildman–Crippen MR) is 192 cm³/mol. The van der Waals surface area contributed by atoms with Crippen LogP contribution in [0.1, 0.15) is 147 Å². The molecule has 12 atom stereocenters. The van der Waals surface area contributed by atoms with Gasteiger partial charge in [0.25, 0.3) is 0 Å². The van der Waals surface area contributed by atoms with Crippen molar-refractivity contribution in [1.82, 2.24) is 10.2 Å². The quantitative estimate of drug-likeness (QED) is 0.283. The first-order chi connectivity index (χ1) is 22.5. The predicted octanol–water partition coefficient (Wildman–Crippen LogP) is 7.48. The Balaban J connectivity index is 1.17. The van der Waals surface area contributed by atoms with E-state index in [1.165, 1.54) is 0 Å². The first-order valence-electron chi connectivity index (χ1n) is 19.8. The number of fused-ring (bicyclic) bond motifs is 5. The lowest BCUT2D eigenvalue weighted by Gasteiger charge is -2.71. The summed E-state index contributed by atoms with van der Waals surface area (Å²) in [5.41, 5.74) is -1.64. The minimum atomic E-state index is -0.864. The summed E-state index contributed by atoms with van der Waals surface area (Å²) in [4.78, 5) is 28.4. The Labute approximate surface area is 297 Å². The molecule has 8 heteroatoms. The maximum atomic E-state index is 13.8. The fourth-order valence-corrected chi connectivity index (χ4v) is 13.3. The maximum Gasteiger partial charge on any atom is 0.410 e. The van der Waals surface area contributed by atoms with Gasteiger partial charge in [-0.3, -0.25) is 4.79 Å². The van der Waals surface area contributed by atoms with E-state index in [9.17, 15) is 19.8 Å². The van der Waals surface area contributed by atoms with Crippen LogP contribution in [0, 0.1) is 51.2 Å². The lowest BCUT2D eigenvalue weighted by Crippen LogP contribution is -2.68. The molecular formula is C41H70N2O6. The van der Waals surface area contributed by atoms with Gasteiger partial charge < -0.3 is 29.9 Å². The molecule has 6 rings (SSSR count). The first-order valence-corrected chi connectivity index (χ1v) is 19.8. The van der Waals surface area contributed by atoms with Crippen molar-refractivity contribution >= 4 is 12.0 Å². The van der Waals surface area contributed by atoms with Gasteiger partial charge in [-0.05, 0) is 158 Å². The molecule has 4 saturated carbocycles. The summed E-state index contributed by atoms with van der Waals surface area (Å²) in [6.07, 6.45) is 9.82. The van der Waals surface area contributed by atoms with Gasteiger partial charge in [0.15, 0.2) is 0 Å². The van der Waals surface area contributed by atoms with Gasteiger partial charge in [0.1, 0.15) is 5.60 Å². The zero-order valence-corrected chi connectivity index (χ0v) is 32.8. The lowest BCUT2D eigenvalue weighted by atomic mass is 9.35. The molecule has 2 aliphatic heterocycles. The van der Waals surface area contributed by atoms with Crippen molar-refractivity contribution in [1.29, 1.82) is 0 Å². The molecule has 49 heavy (non-hydrogen) atoms. The average Bonchev–Trinajstić information content (AvgIpc) is 3.58. The van der Waals surface area contributed by atoms with E-state index >= 15 is 0 Å². The fourth-order valence-electron chi connectivity index (χ4n) is 13.3. The standard InChI is InChI=1S/C41H70N2O6/c1-35(2,3)49-34(46)43-22-12-13-25(24-43)33(45)42-30-16-18-38(8)28(36(30,4)5)15-20-39(9)29(38)23-27(44)32-26(14-19-40(32,39)10)41(11)21-17-31(48-41)37(6,7)47/h25-32,44,47H,12-24H2,1-11H3,(H,42,45)/t25-,26-,27+,28-,29+,30-,31+,32-,38-,39+,40+,41-/m0/s1. The molecule has 2 heterocycles. The van der Waals surface area contributed by atoms with Crippen LogP contribution in [0.3, 0.4) is 0 Å². The Bertz CT molecular complexity index is 1290. The van der Waals surface area contributed by atoms with Crippen molar-refractivity contribution in [2.24, 2.45) is 51.2 Å². The highest BCUT2D eigenvalue weighted by Crippen LogP contribution is 2.76. The number of nitrogens with one attached hydrogen (secondary N) is 1. The molecule has 2 amide bonds. The molecule has 0 spiro atoms. The van der Waals surface area contributed by atoms with E-state index in [4.69, 9.17) is 9.47 Å². The van der Waals surface area contributed by atoms with Crippen LogP contribution < -0.4 is 5.32 Å². The maximum absolute atomic E-state index is 13.8. The number of carbonyl (C=O) groups is 2. The first kappa shape index (κ1) is 37.4. The number of nitrogens with zero attached hydrogens (tertiary/aromatic N) is 1. The molecule has 3 N–H and O–H groups in total. The Morgan fingerprint density at radius 1 is 0.857 bits per heavy atom. The van der Waals surface area contributed by atoms with Gasteiger partial charge in [-0.1, -0.05) is 34.6 Å². The van der Waals surface area contributed by atoms with Gasteiger partial charge in [-0.2, -0.15) is 0 Å². The molecule has 0 aromatic carbocycles. The number of amides is 2. The summed E-state index contributed by atoms with van der Waals surface area (Å²) in [5.74, 6) is 1.19. The van der Waals surface area contributed by atoms with Crippen LogP contribution >= 0.6 is 0 Å². The highest BCUT2D eigenvalue weighted by molar-refractivity contribution is 5.80. The van der Waals surface area contributed by atoms with Crippen LogP contribution in [0.15, 0.2) is 0 Å². The highest BCUT2D eigenvalue weighted by Gasteiger charge is 2.72. The number of piperidine rings is 1. The third-order valence-electron chi connectivity index (χ3n) is 16.1. The van der Waals surface area contributed by atoms with E-state index in [-0.39, 0.29) is 75.3 Å². The summed E-state index contributed by atoms with van der Waals surface area (Å²) in [5, 5.41) is 26.6. The van der Waals surface area contributed by atoms with Crippen LogP contribution in [-0.2, 0) is 14.3 Å². The second-order valence-electron chi connectivity index (χ2n) is 20.8. The number of hydrogen-bond acceptors (Lipinski definition) is 6. The number of hydrogen-bond donors (Lipinski definition) is 3. The Hall–Kier alpha value is -1.38. The monoisotopic (exact) mass is 687 g/mol. The molecule has 6 fully saturated rings. The molecule has 0 unspecified atom stereocenters. The summed E-state index contributed by atoms with van der Waals surface area (Å²) in [6.45, 7) is 25.0. The van der Waals surface area contributed by atoms with E-state index in [1.54, 1.807) is 4.90 Å². The highest BCUT2D eigenvalue weighted by atomic mass is 16.6. The molecule has 0 aromatic heterocycles. The molecular weight excluding hydrogens is 616 g/mol. The second-order valence-corrected chi connectivity index (χ2v) is 20.8.